The van der Waals surface area contributed by atoms with Crippen LogP contribution in [0, 0.1) is 0 Å². The Morgan fingerprint density at radius 1 is 0.853 bits per heavy atom. The van der Waals surface area contributed by atoms with Gasteiger partial charge in [-0.15, -0.1) is 0 Å². The third-order valence-corrected chi connectivity index (χ3v) is 6.73. The van der Waals surface area contributed by atoms with E-state index >= 15 is 0 Å². The van der Waals surface area contributed by atoms with Crippen molar-refractivity contribution >= 4 is 22.4 Å². The van der Waals surface area contributed by atoms with Gasteiger partial charge >= 0.3 is 0 Å². The molecule has 6 heteroatoms. The SMILES string of the molecule is c1ccc(C(CNc2nc(-c3ccc4nccn4c3)nc3ccccc23)N2CCCCC2)cc1. The van der Waals surface area contributed by atoms with Crippen LogP contribution in [0.15, 0.2) is 85.3 Å². The van der Waals surface area contributed by atoms with Crippen molar-refractivity contribution in [3.05, 3.63) is 90.9 Å². The van der Waals surface area contributed by atoms with Gasteiger partial charge in [-0.1, -0.05) is 48.9 Å². The van der Waals surface area contributed by atoms with Gasteiger partial charge in [0, 0.05) is 36.1 Å². The van der Waals surface area contributed by atoms with E-state index in [-0.39, 0.29) is 0 Å². The highest BCUT2D eigenvalue weighted by Crippen LogP contribution is 2.28. The van der Waals surface area contributed by atoms with Crippen LogP contribution in [0.5, 0.6) is 0 Å². The molecule has 5 aromatic rings. The Morgan fingerprint density at radius 2 is 1.68 bits per heavy atom. The molecule has 1 unspecified atom stereocenters. The van der Waals surface area contributed by atoms with Crippen molar-refractivity contribution in [2.24, 2.45) is 0 Å². The number of pyridine rings is 1. The molecule has 6 nitrogen and oxygen atoms in total. The van der Waals surface area contributed by atoms with Crippen LogP contribution >= 0.6 is 0 Å². The number of nitrogens with one attached hydrogen (secondary N) is 1. The number of anilines is 1. The van der Waals surface area contributed by atoms with Crippen molar-refractivity contribution in [3.63, 3.8) is 0 Å². The Kier molecular flexibility index (Phi) is 5.65. The van der Waals surface area contributed by atoms with Gasteiger partial charge in [-0.2, -0.15) is 0 Å². The third-order valence-electron chi connectivity index (χ3n) is 6.73. The molecule has 1 fully saturated rings. The van der Waals surface area contributed by atoms with Gasteiger partial charge in [0.1, 0.15) is 11.5 Å². The summed E-state index contributed by atoms with van der Waals surface area (Å²) in [5.74, 6) is 1.59. The van der Waals surface area contributed by atoms with Gasteiger partial charge in [0.05, 0.1) is 11.6 Å². The fourth-order valence-electron chi connectivity index (χ4n) is 4.95. The molecular formula is C28H28N6. The second-order valence-electron chi connectivity index (χ2n) is 8.93. The summed E-state index contributed by atoms with van der Waals surface area (Å²) < 4.78 is 2.00. The smallest absolute Gasteiger partial charge is 0.163 e. The zero-order chi connectivity index (χ0) is 22.7. The Balaban J connectivity index is 1.36. The van der Waals surface area contributed by atoms with Gasteiger partial charge < -0.3 is 9.72 Å². The second-order valence-corrected chi connectivity index (χ2v) is 8.93. The lowest BCUT2D eigenvalue weighted by Gasteiger charge is -2.35. The van der Waals surface area contributed by atoms with Crippen LogP contribution in [0.4, 0.5) is 5.82 Å². The van der Waals surface area contributed by atoms with E-state index in [0.717, 1.165) is 47.6 Å². The van der Waals surface area contributed by atoms with Crippen molar-refractivity contribution in [2.75, 3.05) is 25.0 Å². The van der Waals surface area contributed by atoms with Gasteiger partial charge in [0.15, 0.2) is 5.82 Å². The number of imidazole rings is 1. The number of hydrogen-bond donors (Lipinski definition) is 1. The molecule has 1 atom stereocenters. The number of nitrogens with zero attached hydrogens (tertiary/aromatic N) is 5. The van der Waals surface area contributed by atoms with E-state index in [4.69, 9.17) is 9.97 Å². The zero-order valence-electron chi connectivity index (χ0n) is 19.1. The number of likely N-dealkylation sites (tertiary alicyclic amines) is 1. The van der Waals surface area contributed by atoms with Crippen LogP contribution in [0.3, 0.4) is 0 Å². The first-order valence-corrected chi connectivity index (χ1v) is 12.1. The Bertz CT molecular complexity index is 1400. The van der Waals surface area contributed by atoms with Gasteiger partial charge in [-0.3, -0.25) is 4.90 Å². The van der Waals surface area contributed by atoms with Crippen LogP contribution in [0.25, 0.3) is 27.9 Å². The lowest BCUT2D eigenvalue weighted by Crippen LogP contribution is -2.37. The first-order valence-electron chi connectivity index (χ1n) is 12.1. The molecule has 0 aliphatic carbocycles. The highest BCUT2D eigenvalue weighted by molar-refractivity contribution is 5.90. The van der Waals surface area contributed by atoms with Gasteiger partial charge in [0.2, 0.25) is 0 Å². The lowest BCUT2D eigenvalue weighted by atomic mass is 10.0. The van der Waals surface area contributed by atoms with E-state index in [9.17, 15) is 0 Å². The van der Waals surface area contributed by atoms with Crippen LogP contribution < -0.4 is 5.32 Å². The molecule has 0 bridgehead atoms. The molecule has 0 spiro atoms. The Labute approximate surface area is 199 Å². The third kappa shape index (κ3) is 4.13. The maximum atomic E-state index is 5.00. The normalized spacial score (nSPS) is 15.5. The Morgan fingerprint density at radius 3 is 2.56 bits per heavy atom. The number of piperidine rings is 1. The summed E-state index contributed by atoms with van der Waals surface area (Å²) >= 11 is 0. The summed E-state index contributed by atoms with van der Waals surface area (Å²) in [6, 6.07) is 23.4. The second kappa shape index (κ2) is 9.23. The van der Waals surface area contributed by atoms with Crippen molar-refractivity contribution in [2.45, 2.75) is 25.3 Å². The van der Waals surface area contributed by atoms with E-state index in [1.165, 1.54) is 24.8 Å². The van der Waals surface area contributed by atoms with Gasteiger partial charge in [-0.05, 0) is 55.8 Å². The summed E-state index contributed by atoms with van der Waals surface area (Å²) in [6.07, 6.45) is 9.64. The van der Waals surface area contributed by atoms with Crippen LogP contribution in [-0.4, -0.2) is 43.9 Å². The summed E-state index contributed by atoms with van der Waals surface area (Å²) in [7, 11) is 0. The fourth-order valence-corrected chi connectivity index (χ4v) is 4.95. The molecular weight excluding hydrogens is 420 g/mol. The molecule has 4 heterocycles. The van der Waals surface area contributed by atoms with Crippen molar-refractivity contribution in [1.29, 1.82) is 0 Å². The summed E-state index contributed by atoms with van der Waals surface area (Å²) in [5.41, 5.74) is 4.17. The fraction of sp³-hybridized carbons (Fsp3) is 0.250. The number of benzene rings is 2. The molecule has 6 rings (SSSR count). The average molecular weight is 449 g/mol. The summed E-state index contributed by atoms with van der Waals surface area (Å²) in [6.45, 7) is 3.08. The zero-order valence-corrected chi connectivity index (χ0v) is 19.1. The number of aromatic nitrogens is 4. The van der Waals surface area contributed by atoms with Crippen molar-refractivity contribution in [1.82, 2.24) is 24.3 Å². The molecule has 0 radical (unpaired) electrons. The van der Waals surface area contributed by atoms with Gasteiger partial charge in [-0.25, -0.2) is 15.0 Å². The number of hydrogen-bond acceptors (Lipinski definition) is 5. The standard InChI is InChI=1S/C28H28N6/c1-3-9-21(10-4-1)25(33-16-7-2-8-17-33)19-30-28-23-11-5-6-12-24(23)31-27(32-28)22-13-14-26-29-15-18-34(26)20-22/h1,3-6,9-15,18,20,25H,2,7-8,16-17,19H2,(H,30,31,32). The molecule has 1 aliphatic rings. The predicted octanol–water partition coefficient (Wildman–Crippen LogP) is 5.58. The summed E-state index contributed by atoms with van der Waals surface area (Å²) in [5, 5.41) is 4.76. The molecule has 3 aromatic heterocycles. The molecule has 0 saturated carbocycles. The van der Waals surface area contributed by atoms with E-state index in [2.05, 4.69) is 57.7 Å². The largest absolute Gasteiger partial charge is 0.368 e. The molecule has 2 aromatic carbocycles. The molecule has 1 N–H and O–H groups in total. The highest BCUT2D eigenvalue weighted by atomic mass is 15.2. The topological polar surface area (TPSA) is 58.4 Å². The minimum absolute atomic E-state index is 0.306. The van der Waals surface area contributed by atoms with Crippen molar-refractivity contribution in [3.8, 4) is 11.4 Å². The maximum absolute atomic E-state index is 5.00. The monoisotopic (exact) mass is 448 g/mol. The Hall–Kier alpha value is -3.77. The van der Waals surface area contributed by atoms with Gasteiger partial charge in [0.25, 0.3) is 0 Å². The van der Waals surface area contributed by atoms with E-state index in [0.29, 0.717) is 11.9 Å². The number of para-hydroxylation sites is 1. The first-order chi connectivity index (χ1) is 16.8. The van der Waals surface area contributed by atoms with Crippen LogP contribution in [0.2, 0.25) is 0 Å². The highest BCUT2D eigenvalue weighted by Gasteiger charge is 2.22. The summed E-state index contributed by atoms with van der Waals surface area (Å²) in [4.78, 5) is 16.8. The van der Waals surface area contributed by atoms with E-state index in [1.54, 1.807) is 6.20 Å². The van der Waals surface area contributed by atoms with E-state index < -0.39 is 0 Å². The van der Waals surface area contributed by atoms with Crippen LogP contribution in [0.1, 0.15) is 30.9 Å². The minimum Gasteiger partial charge on any atom is -0.368 e. The molecule has 34 heavy (non-hydrogen) atoms. The number of rotatable bonds is 6. The minimum atomic E-state index is 0.306. The number of fused-ring (bicyclic) bond motifs is 2. The maximum Gasteiger partial charge on any atom is 0.163 e. The molecule has 170 valence electrons. The first kappa shape index (κ1) is 20.8. The van der Waals surface area contributed by atoms with E-state index in [1.807, 2.05) is 41.1 Å². The lowest BCUT2D eigenvalue weighted by molar-refractivity contribution is 0.170. The quantitative estimate of drug-likeness (QED) is 0.367. The van der Waals surface area contributed by atoms with Crippen LogP contribution in [-0.2, 0) is 0 Å². The molecule has 1 saturated heterocycles. The predicted molar refractivity (Wildman–Crippen MR) is 137 cm³/mol. The average Bonchev–Trinajstić information content (AvgIpc) is 3.38. The molecule has 0 amide bonds. The van der Waals surface area contributed by atoms with Crippen molar-refractivity contribution < 1.29 is 0 Å². The molecule has 1 aliphatic heterocycles.